The third-order valence-electron chi connectivity index (χ3n) is 3.59. The predicted molar refractivity (Wildman–Crippen MR) is 78.1 cm³/mol. The van der Waals surface area contributed by atoms with E-state index in [9.17, 15) is 0 Å². The molecule has 5 nitrogen and oxygen atoms in total. The Labute approximate surface area is 125 Å². The average Bonchev–Trinajstić information content (AvgIpc) is 3.33. The lowest BCUT2D eigenvalue weighted by atomic mass is 10.4. The molecule has 0 saturated heterocycles. The van der Waals surface area contributed by atoms with Crippen LogP contribution in [0.3, 0.4) is 0 Å². The van der Waals surface area contributed by atoms with E-state index in [0.29, 0.717) is 27.8 Å². The third kappa shape index (κ3) is 2.27. The molecule has 4 rings (SSSR count). The van der Waals surface area contributed by atoms with Gasteiger partial charge in [-0.15, -0.1) is 10.2 Å². The van der Waals surface area contributed by atoms with Crippen LogP contribution >= 0.6 is 23.4 Å². The van der Waals surface area contributed by atoms with Crippen LogP contribution in [0.2, 0.25) is 5.15 Å². The Bertz CT molecular complexity index is 663. The molecule has 0 atom stereocenters. The van der Waals surface area contributed by atoms with Gasteiger partial charge in [0.25, 0.3) is 0 Å². The lowest BCUT2D eigenvalue weighted by molar-refractivity contribution is 0.626. The zero-order valence-electron chi connectivity index (χ0n) is 10.8. The topological polar surface area (TPSA) is 69.6 Å². The Hall–Kier alpha value is -1.27. The molecular formula is C13H14ClN5S. The van der Waals surface area contributed by atoms with Crippen molar-refractivity contribution in [3.8, 4) is 0 Å². The molecule has 0 radical (unpaired) electrons. The van der Waals surface area contributed by atoms with E-state index in [1.165, 1.54) is 37.4 Å². The number of halogens is 1. The van der Waals surface area contributed by atoms with Crippen molar-refractivity contribution >= 4 is 29.1 Å². The Morgan fingerprint density at radius 1 is 1.20 bits per heavy atom. The van der Waals surface area contributed by atoms with Crippen LogP contribution in [-0.4, -0.2) is 19.7 Å². The molecule has 2 fully saturated rings. The molecular weight excluding hydrogens is 294 g/mol. The molecule has 2 aromatic heterocycles. The number of nitrogens with two attached hydrogens (primary N) is 1. The lowest BCUT2D eigenvalue weighted by Gasteiger charge is -2.08. The van der Waals surface area contributed by atoms with Gasteiger partial charge in [0, 0.05) is 12.0 Å². The summed E-state index contributed by atoms with van der Waals surface area (Å²) in [7, 11) is 0. The van der Waals surface area contributed by atoms with Crippen molar-refractivity contribution in [3.05, 3.63) is 23.1 Å². The molecule has 2 N–H and O–H groups in total. The maximum atomic E-state index is 5.96. The van der Waals surface area contributed by atoms with Crippen molar-refractivity contribution in [1.29, 1.82) is 0 Å². The van der Waals surface area contributed by atoms with Gasteiger partial charge in [-0.1, -0.05) is 11.6 Å². The molecule has 2 saturated carbocycles. The minimum atomic E-state index is 0.446. The molecule has 2 aromatic rings. The van der Waals surface area contributed by atoms with Crippen LogP contribution in [0.1, 0.15) is 43.5 Å². The van der Waals surface area contributed by atoms with Gasteiger partial charge in [-0.25, -0.2) is 4.98 Å². The fraction of sp³-hybridized carbons (Fsp3) is 0.462. The first-order valence-electron chi connectivity index (χ1n) is 6.77. The number of aromatic nitrogens is 4. The van der Waals surface area contributed by atoms with Crippen LogP contribution in [0.25, 0.3) is 0 Å². The quantitative estimate of drug-likeness (QED) is 0.878. The normalized spacial score (nSPS) is 18.4. The smallest absolute Gasteiger partial charge is 0.197 e. The summed E-state index contributed by atoms with van der Waals surface area (Å²) in [5.41, 5.74) is 6.58. The first-order chi connectivity index (χ1) is 9.72. The second kappa shape index (κ2) is 4.63. The number of rotatable bonds is 4. The number of nitrogens with zero attached hydrogens (tertiary/aromatic N) is 4. The Morgan fingerprint density at radius 3 is 2.70 bits per heavy atom. The standard InChI is InChI=1S/C13H14ClN5S/c14-10-6-5-9(15)12(16-10)20-13-18-17-11(7-1-2-7)19(13)8-3-4-8/h5-8H,1-4,15H2. The average molecular weight is 308 g/mol. The lowest BCUT2D eigenvalue weighted by Crippen LogP contribution is -2.02. The van der Waals surface area contributed by atoms with E-state index in [4.69, 9.17) is 17.3 Å². The number of nitrogen functional groups attached to an aromatic ring is 1. The fourth-order valence-corrected chi connectivity index (χ4v) is 3.37. The molecule has 0 unspecified atom stereocenters. The Morgan fingerprint density at radius 2 is 2.00 bits per heavy atom. The van der Waals surface area contributed by atoms with Gasteiger partial charge < -0.3 is 10.3 Å². The van der Waals surface area contributed by atoms with Gasteiger partial charge in [-0.3, -0.25) is 0 Å². The van der Waals surface area contributed by atoms with Crippen molar-refractivity contribution in [2.45, 2.75) is 47.8 Å². The van der Waals surface area contributed by atoms with Crippen molar-refractivity contribution in [1.82, 2.24) is 19.7 Å². The molecule has 0 spiro atoms. The molecule has 0 amide bonds. The molecule has 7 heteroatoms. The maximum absolute atomic E-state index is 5.96. The highest BCUT2D eigenvalue weighted by molar-refractivity contribution is 7.99. The number of hydrogen-bond acceptors (Lipinski definition) is 5. The van der Waals surface area contributed by atoms with Gasteiger partial charge in [0.2, 0.25) is 0 Å². The summed E-state index contributed by atoms with van der Waals surface area (Å²) in [6, 6.07) is 4.03. The van der Waals surface area contributed by atoms with E-state index < -0.39 is 0 Å². The molecule has 2 aliphatic carbocycles. The number of pyridine rings is 1. The Balaban J connectivity index is 1.70. The summed E-state index contributed by atoms with van der Waals surface area (Å²) in [6.45, 7) is 0. The molecule has 2 aliphatic rings. The maximum Gasteiger partial charge on any atom is 0.197 e. The van der Waals surface area contributed by atoms with Crippen LogP contribution in [0.5, 0.6) is 0 Å². The van der Waals surface area contributed by atoms with Crippen LogP contribution in [0.15, 0.2) is 22.3 Å². The zero-order chi connectivity index (χ0) is 13.7. The molecule has 104 valence electrons. The minimum Gasteiger partial charge on any atom is -0.397 e. The van der Waals surface area contributed by atoms with Crippen LogP contribution < -0.4 is 5.73 Å². The van der Waals surface area contributed by atoms with E-state index in [2.05, 4.69) is 19.7 Å². The molecule has 0 aliphatic heterocycles. The number of anilines is 1. The summed E-state index contributed by atoms with van der Waals surface area (Å²) < 4.78 is 2.28. The van der Waals surface area contributed by atoms with Gasteiger partial charge in [0.05, 0.1) is 5.69 Å². The van der Waals surface area contributed by atoms with E-state index >= 15 is 0 Å². The molecule has 0 bridgehead atoms. The first-order valence-corrected chi connectivity index (χ1v) is 7.96. The minimum absolute atomic E-state index is 0.446. The summed E-state index contributed by atoms with van der Waals surface area (Å²) in [5, 5.41) is 10.8. The van der Waals surface area contributed by atoms with Crippen LogP contribution in [0, 0.1) is 0 Å². The summed E-state index contributed by atoms with van der Waals surface area (Å²) >= 11 is 7.40. The van der Waals surface area contributed by atoms with Crippen LogP contribution in [-0.2, 0) is 0 Å². The Kier molecular flexibility index (Phi) is 2.89. The van der Waals surface area contributed by atoms with Gasteiger partial charge >= 0.3 is 0 Å². The van der Waals surface area contributed by atoms with Gasteiger partial charge in [-0.2, -0.15) is 0 Å². The molecule has 0 aromatic carbocycles. The first kappa shape index (κ1) is 12.5. The van der Waals surface area contributed by atoms with E-state index in [-0.39, 0.29) is 0 Å². The van der Waals surface area contributed by atoms with E-state index in [1.807, 2.05) is 0 Å². The highest BCUT2D eigenvalue weighted by atomic mass is 35.5. The zero-order valence-corrected chi connectivity index (χ0v) is 12.4. The van der Waals surface area contributed by atoms with Crippen molar-refractivity contribution in [3.63, 3.8) is 0 Å². The van der Waals surface area contributed by atoms with Gasteiger partial charge in [-0.05, 0) is 49.6 Å². The number of hydrogen-bond donors (Lipinski definition) is 1. The largest absolute Gasteiger partial charge is 0.397 e. The summed E-state index contributed by atoms with van der Waals surface area (Å²) in [5.74, 6) is 1.73. The highest BCUT2D eigenvalue weighted by Crippen LogP contribution is 2.46. The van der Waals surface area contributed by atoms with Gasteiger partial charge in [0.15, 0.2) is 5.16 Å². The SMILES string of the molecule is Nc1ccc(Cl)nc1Sc1nnc(C2CC2)n1C1CC1. The second-order valence-corrected chi connectivity index (χ2v) is 6.69. The summed E-state index contributed by atoms with van der Waals surface area (Å²) in [4.78, 5) is 4.28. The molecule has 20 heavy (non-hydrogen) atoms. The predicted octanol–water partition coefficient (Wildman–Crippen LogP) is 3.27. The summed E-state index contributed by atoms with van der Waals surface area (Å²) in [6.07, 6.45) is 4.88. The van der Waals surface area contributed by atoms with Crippen molar-refractivity contribution in [2.24, 2.45) is 0 Å². The van der Waals surface area contributed by atoms with E-state index in [1.54, 1.807) is 12.1 Å². The van der Waals surface area contributed by atoms with Crippen molar-refractivity contribution < 1.29 is 0 Å². The van der Waals surface area contributed by atoms with Gasteiger partial charge in [0.1, 0.15) is 16.0 Å². The van der Waals surface area contributed by atoms with Crippen LogP contribution in [0.4, 0.5) is 5.69 Å². The third-order valence-corrected chi connectivity index (χ3v) is 4.78. The van der Waals surface area contributed by atoms with E-state index in [0.717, 1.165) is 11.0 Å². The fourth-order valence-electron chi connectivity index (χ4n) is 2.25. The van der Waals surface area contributed by atoms with Crippen molar-refractivity contribution in [2.75, 3.05) is 5.73 Å². The molecule has 2 heterocycles. The monoisotopic (exact) mass is 307 g/mol. The highest BCUT2D eigenvalue weighted by Gasteiger charge is 2.36. The second-order valence-electron chi connectivity index (χ2n) is 5.35.